The van der Waals surface area contributed by atoms with Gasteiger partial charge in [-0.05, 0) is 69.0 Å². The molecule has 0 spiro atoms. The van der Waals surface area contributed by atoms with Gasteiger partial charge in [0.15, 0.2) is 0 Å². The van der Waals surface area contributed by atoms with Gasteiger partial charge in [0.2, 0.25) is 0 Å². The quantitative estimate of drug-likeness (QED) is 0.743. The van der Waals surface area contributed by atoms with Crippen LogP contribution in [0.4, 0.5) is 5.69 Å². The van der Waals surface area contributed by atoms with Crippen LogP contribution in [0.25, 0.3) is 0 Å². The molecule has 0 radical (unpaired) electrons. The molecule has 2 aromatic carbocycles. The first-order chi connectivity index (χ1) is 9.38. The van der Waals surface area contributed by atoms with Crippen molar-refractivity contribution in [1.82, 2.24) is 0 Å². The van der Waals surface area contributed by atoms with E-state index in [1.54, 1.807) is 0 Å². The Morgan fingerprint density at radius 3 is 2.05 bits per heavy atom. The minimum absolute atomic E-state index is 0.296. The predicted octanol–water partition coefficient (Wildman–Crippen LogP) is 5.86. The smallest absolute Gasteiger partial charge is 0.0490 e. The van der Waals surface area contributed by atoms with Gasteiger partial charge < -0.3 is 5.32 Å². The van der Waals surface area contributed by atoms with Crippen molar-refractivity contribution in [2.24, 2.45) is 0 Å². The van der Waals surface area contributed by atoms with Crippen LogP contribution in [0, 0.1) is 27.7 Å². The molecule has 20 heavy (non-hydrogen) atoms. The maximum atomic E-state index is 3.60. The molecule has 0 saturated carbocycles. The summed E-state index contributed by atoms with van der Waals surface area (Å²) in [6.45, 7) is 10.9. The normalized spacial score (nSPS) is 12.3. The lowest BCUT2D eigenvalue weighted by molar-refractivity contribution is 0.862. The minimum Gasteiger partial charge on any atom is -0.378 e. The van der Waals surface area contributed by atoms with Gasteiger partial charge in [0.1, 0.15) is 0 Å². The molecule has 0 aromatic heterocycles. The van der Waals surface area contributed by atoms with E-state index in [1.807, 2.05) is 0 Å². The van der Waals surface area contributed by atoms with Gasteiger partial charge in [-0.3, -0.25) is 0 Å². The third-order valence-electron chi connectivity index (χ3n) is 3.73. The molecule has 0 aliphatic carbocycles. The van der Waals surface area contributed by atoms with Crippen LogP contribution in [0.15, 0.2) is 34.8 Å². The highest BCUT2D eigenvalue weighted by Gasteiger charge is 2.12. The number of rotatable bonds is 3. The Morgan fingerprint density at radius 1 is 0.900 bits per heavy atom. The molecular weight excluding hydrogens is 310 g/mol. The van der Waals surface area contributed by atoms with Crippen LogP contribution < -0.4 is 5.32 Å². The Kier molecular flexibility index (Phi) is 4.54. The van der Waals surface area contributed by atoms with Crippen molar-refractivity contribution in [1.29, 1.82) is 0 Å². The molecule has 106 valence electrons. The molecule has 0 heterocycles. The number of anilines is 1. The zero-order valence-corrected chi connectivity index (χ0v) is 14.4. The highest BCUT2D eigenvalue weighted by atomic mass is 79.9. The van der Waals surface area contributed by atoms with Crippen LogP contribution in [0.3, 0.4) is 0 Å². The first-order valence-corrected chi connectivity index (χ1v) is 7.78. The maximum absolute atomic E-state index is 3.60. The number of hydrogen-bond acceptors (Lipinski definition) is 1. The summed E-state index contributed by atoms with van der Waals surface area (Å²) in [7, 11) is 0. The molecule has 0 amide bonds. The van der Waals surface area contributed by atoms with Gasteiger partial charge >= 0.3 is 0 Å². The van der Waals surface area contributed by atoms with E-state index < -0.39 is 0 Å². The first-order valence-electron chi connectivity index (χ1n) is 6.99. The topological polar surface area (TPSA) is 12.0 Å². The summed E-state index contributed by atoms with van der Waals surface area (Å²) in [6, 6.07) is 11.2. The molecular formula is C18H22BrN. The van der Waals surface area contributed by atoms with Crippen LogP contribution in [0.1, 0.15) is 40.8 Å². The SMILES string of the molecule is Cc1cc(C)c(C(C)Nc2ccc(C)c(Br)c2)c(C)c1. The van der Waals surface area contributed by atoms with Crippen LogP contribution in [0.2, 0.25) is 0 Å². The second-order valence-corrected chi connectivity index (χ2v) is 6.50. The zero-order chi connectivity index (χ0) is 14.9. The summed E-state index contributed by atoms with van der Waals surface area (Å²) >= 11 is 3.59. The Hall–Kier alpha value is -1.28. The second-order valence-electron chi connectivity index (χ2n) is 5.64. The average Bonchev–Trinajstić information content (AvgIpc) is 2.32. The molecule has 0 saturated heterocycles. The fourth-order valence-corrected chi connectivity index (χ4v) is 3.26. The van der Waals surface area contributed by atoms with Crippen LogP contribution in [-0.2, 0) is 0 Å². The molecule has 1 atom stereocenters. The Labute approximate surface area is 130 Å². The van der Waals surface area contributed by atoms with Gasteiger partial charge in [-0.1, -0.05) is 39.7 Å². The summed E-state index contributed by atoms with van der Waals surface area (Å²) in [5, 5.41) is 3.60. The summed E-state index contributed by atoms with van der Waals surface area (Å²) in [4.78, 5) is 0. The van der Waals surface area contributed by atoms with Gasteiger partial charge in [-0.15, -0.1) is 0 Å². The van der Waals surface area contributed by atoms with Crippen LogP contribution >= 0.6 is 15.9 Å². The Bertz CT molecular complexity index is 608. The second kappa shape index (κ2) is 6.01. The van der Waals surface area contributed by atoms with E-state index in [1.165, 1.54) is 27.8 Å². The molecule has 1 N–H and O–H groups in total. The van der Waals surface area contributed by atoms with E-state index in [0.29, 0.717) is 6.04 Å². The van der Waals surface area contributed by atoms with E-state index in [2.05, 4.69) is 86.2 Å². The molecule has 0 bridgehead atoms. The summed E-state index contributed by atoms with van der Waals surface area (Å²) in [5.41, 5.74) is 7.84. The summed E-state index contributed by atoms with van der Waals surface area (Å²) in [6.07, 6.45) is 0. The number of benzene rings is 2. The summed E-state index contributed by atoms with van der Waals surface area (Å²) in [5.74, 6) is 0. The van der Waals surface area contributed by atoms with E-state index in [0.717, 1.165) is 10.2 Å². The fourth-order valence-electron chi connectivity index (χ4n) is 2.88. The third kappa shape index (κ3) is 3.24. The summed E-state index contributed by atoms with van der Waals surface area (Å²) < 4.78 is 1.15. The molecule has 0 fully saturated rings. The number of halogens is 1. The van der Waals surface area contributed by atoms with Gasteiger partial charge in [-0.25, -0.2) is 0 Å². The van der Waals surface area contributed by atoms with Crippen molar-refractivity contribution in [2.75, 3.05) is 5.32 Å². The molecule has 0 aliphatic rings. The van der Waals surface area contributed by atoms with Crippen LogP contribution in [-0.4, -0.2) is 0 Å². The third-order valence-corrected chi connectivity index (χ3v) is 4.58. The van der Waals surface area contributed by atoms with Crippen molar-refractivity contribution in [3.8, 4) is 0 Å². The van der Waals surface area contributed by atoms with Crippen molar-refractivity contribution in [3.05, 3.63) is 62.6 Å². The monoisotopic (exact) mass is 331 g/mol. The maximum Gasteiger partial charge on any atom is 0.0490 e. The van der Waals surface area contributed by atoms with Crippen molar-refractivity contribution in [2.45, 2.75) is 40.7 Å². The Balaban J connectivity index is 2.28. The largest absolute Gasteiger partial charge is 0.378 e. The standard InChI is InChI=1S/C18H22BrN/c1-11-8-13(3)18(14(4)9-11)15(5)20-16-7-6-12(2)17(19)10-16/h6-10,15,20H,1-5H3. The minimum atomic E-state index is 0.296. The van der Waals surface area contributed by atoms with Gasteiger partial charge in [0, 0.05) is 16.2 Å². The number of aryl methyl sites for hydroxylation is 4. The predicted molar refractivity (Wildman–Crippen MR) is 91.6 cm³/mol. The van der Waals surface area contributed by atoms with Gasteiger partial charge in [-0.2, -0.15) is 0 Å². The average molecular weight is 332 g/mol. The van der Waals surface area contributed by atoms with Gasteiger partial charge in [0.05, 0.1) is 0 Å². The highest BCUT2D eigenvalue weighted by Crippen LogP contribution is 2.28. The fraction of sp³-hybridized carbons (Fsp3) is 0.333. The molecule has 0 aliphatic heterocycles. The zero-order valence-electron chi connectivity index (χ0n) is 12.8. The van der Waals surface area contributed by atoms with Crippen molar-refractivity contribution < 1.29 is 0 Å². The number of hydrogen-bond donors (Lipinski definition) is 1. The van der Waals surface area contributed by atoms with E-state index in [9.17, 15) is 0 Å². The van der Waals surface area contributed by atoms with E-state index in [4.69, 9.17) is 0 Å². The lowest BCUT2D eigenvalue weighted by Gasteiger charge is -2.21. The van der Waals surface area contributed by atoms with Crippen molar-refractivity contribution >= 4 is 21.6 Å². The molecule has 2 rings (SSSR count). The van der Waals surface area contributed by atoms with Crippen LogP contribution in [0.5, 0.6) is 0 Å². The number of nitrogens with one attached hydrogen (secondary N) is 1. The van der Waals surface area contributed by atoms with E-state index >= 15 is 0 Å². The lowest BCUT2D eigenvalue weighted by Crippen LogP contribution is -2.10. The molecule has 1 unspecified atom stereocenters. The lowest BCUT2D eigenvalue weighted by atomic mass is 9.94. The molecule has 2 aromatic rings. The Morgan fingerprint density at radius 2 is 1.50 bits per heavy atom. The van der Waals surface area contributed by atoms with Gasteiger partial charge in [0.25, 0.3) is 0 Å². The van der Waals surface area contributed by atoms with E-state index in [-0.39, 0.29) is 0 Å². The first kappa shape index (κ1) is 15.1. The van der Waals surface area contributed by atoms with Crippen molar-refractivity contribution in [3.63, 3.8) is 0 Å². The molecule has 2 heteroatoms. The molecule has 1 nitrogen and oxygen atoms in total. The highest BCUT2D eigenvalue weighted by molar-refractivity contribution is 9.10.